The number of hydrogen-bond acceptors (Lipinski definition) is 3. The molecule has 86 valence electrons. The molecule has 2 aromatic rings. The van der Waals surface area contributed by atoms with Gasteiger partial charge in [0.25, 0.3) is 0 Å². The van der Waals surface area contributed by atoms with Crippen LogP contribution in [0.15, 0.2) is 18.5 Å². The molecule has 0 fully saturated rings. The Labute approximate surface area is 99.9 Å². The summed E-state index contributed by atoms with van der Waals surface area (Å²) < 4.78 is 1.81. The molecule has 3 nitrogen and oxygen atoms in total. The fraction of sp³-hybridized carbons (Fsp3) is 0.417. The van der Waals surface area contributed by atoms with Crippen molar-refractivity contribution in [1.29, 1.82) is 0 Å². The third-order valence-electron chi connectivity index (χ3n) is 2.76. The highest BCUT2D eigenvalue weighted by Gasteiger charge is 2.11. The van der Waals surface area contributed by atoms with Crippen molar-refractivity contribution in [2.24, 2.45) is 12.8 Å². The zero-order valence-electron chi connectivity index (χ0n) is 9.90. The first-order valence-corrected chi connectivity index (χ1v) is 6.18. The summed E-state index contributed by atoms with van der Waals surface area (Å²) in [4.78, 5) is 2.62. The van der Waals surface area contributed by atoms with Crippen LogP contribution in [-0.2, 0) is 13.5 Å². The van der Waals surface area contributed by atoms with E-state index in [1.54, 1.807) is 11.3 Å². The molecule has 0 aliphatic rings. The van der Waals surface area contributed by atoms with Crippen molar-refractivity contribution < 1.29 is 0 Å². The summed E-state index contributed by atoms with van der Waals surface area (Å²) in [6, 6.07) is 2.28. The minimum Gasteiger partial charge on any atom is -0.323 e. The van der Waals surface area contributed by atoms with E-state index in [1.807, 2.05) is 24.1 Å². The van der Waals surface area contributed by atoms with Crippen molar-refractivity contribution in [2.45, 2.75) is 26.3 Å². The third-order valence-corrected chi connectivity index (χ3v) is 4.05. The average Bonchev–Trinajstić information content (AvgIpc) is 2.75. The largest absolute Gasteiger partial charge is 0.323 e. The van der Waals surface area contributed by atoms with E-state index in [2.05, 4.69) is 25.0 Å². The van der Waals surface area contributed by atoms with Crippen LogP contribution in [0.4, 0.5) is 0 Å². The normalized spacial score (nSPS) is 13.0. The molecule has 0 aliphatic heterocycles. The Morgan fingerprint density at radius 1 is 1.50 bits per heavy atom. The van der Waals surface area contributed by atoms with Crippen molar-refractivity contribution in [2.75, 3.05) is 0 Å². The molecule has 0 spiro atoms. The number of nitrogens with zero attached hydrogens (tertiary/aromatic N) is 2. The number of hydrogen-bond donors (Lipinski definition) is 1. The Morgan fingerprint density at radius 2 is 2.25 bits per heavy atom. The van der Waals surface area contributed by atoms with Gasteiger partial charge in [0.2, 0.25) is 0 Å². The molecule has 2 aromatic heterocycles. The van der Waals surface area contributed by atoms with E-state index >= 15 is 0 Å². The van der Waals surface area contributed by atoms with Gasteiger partial charge in [-0.25, -0.2) is 0 Å². The summed E-state index contributed by atoms with van der Waals surface area (Å²) in [7, 11) is 1.93. The first-order chi connectivity index (χ1) is 7.56. The van der Waals surface area contributed by atoms with Gasteiger partial charge in [0.15, 0.2) is 0 Å². The number of thiophene rings is 1. The van der Waals surface area contributed by atoms with Gasteiger partial charge < -0.3 is 5.73 Å². The van der Waals surface area contributed by atoms with E-state index < -0.39 is 0 Å². The zero-order chi connectivity index (χ0) is 11.7. The standard InChI is InChI=1S/C12H17N3S/c1-8-4-12(16-9(8)2)11(13)5-10-6-14-15(3)7-10/h4,6-7,11H,5,13H2,1-3H3. The highest BCUT2D eigenvalue weighted by atomic mass is 32.1. The molecular formula is C12H17N3S. The fourth-order valence-electron chi connectivity index (χ4n) is 1.72. The van der Waals surface area contributed by atoms with Crippen LogP contribution >= 0.6 is 11.3 Å². The molecular weight excluding hydrogens is 218 g/mol. The highest BCUT2D eigenvalue weighted by molar-refractivity contribution is 7.12. The molecule has 0 bridgehead atoms. The second kappa shape index (κ2) is 4.39. The molecule has 1 atom stereocenters. The molecule has 0 aromatic carbocycles. The quantitative estimate of drug-likeness (QED) is 0.887. The number of rotatable bonds is 3. The van der Waals surface area contributed by atoms with Crippen molar-refractivity contribution in [1.82, 2.24) is 9.78 Å². The monoisotopic (exact) mass is 235 g/mol. The van der Waals surface area contributed by atoms with E-state index in [0.29, 0.717) is 0 Å². The fourth-order valence-corrected chi connectivity index (χ4v) is 2.76. The lowest BCUT2D eigenvalue weighted by Crippen LogP contribution is -2.11. The Morgan fingerprint density at radius 3 is 2.75 bits per heavy atom. The molecule has 0 amide bonds. The minimum absolute atomic E-state index is 0.0848. The number of nitrogens with two attached hydrogens (primary N) is 1. The van der Waals surface area contributed by atoms with E-state index in [9.17, 15) is 0 Å². The Kier molecular flexibility index (Phi) is 3.12. The van der Waals surface area contributed by atoms with Crippen molar-refractivity contribution in [3.63, 3.8) is 0 Å². The molecule has 2 heterocycles. The summed E-state index contributed by atoms with van der Waals surface area (Å²) in [6.07, 6.45) is 4.76. The molecule has 16 heavy (non-hydrogen) atoms. The van der Waals surface area contributed by atoms with Crippen LogP contribution in [0, 0.1) is 13.8 Å². The Bertz CT molecular complexity index is 465. The second-order valence-electron chi connectivity index (χ2n) is 4.22. The van der Waals surface area contributed by atoms with E-state index in [0.717, 1.165) is 6.42 Å². The summed E-state index contributed by atoms with van der Waals surface area (Å²) in [6.45, 7) is 4.27. The molecule has 4 heteroatoms. The van der Waals surface area contributed by atoms with Gasteiger partial charge in [0.1, 0.15) is 0 Å². The summed E-state index contributed by atoms with van der Waals surface area (Å²) >= 11 is 1.80. The minimum atomic E-state index is 0.0848. The van der Waals surface area contributed by atoms with Crippen molar-refractivity contribution in [3.8, 4) is 0 Å². The Hall–Kier alpha value is -1.13. The molecule has 0 radical (unpaired) electrons. The van der Waals surface area contributed by atoms with Gasteiger partial charge in [-0.3, -0.25) is 4.68 Å². The lowest BCUT2D eigenvalue weighted by atomic mass is 10.1. The van der Waals surface area contributed by atoms with Gasteiger partial charge in [-0.2, -0.15) is 5.10 Å². The van der Waals surface area contributed by atoms with Crippen molar-refractivity contribution in [3.05, 3.63) is 39.3 Å². The van der Waals surface area contributed by atoms with Gasteiger partial charge >= 0.3 is 0 Å². The molecule has 0 saturated heterocycles. The average molecular weight is 235 g/mol. The number of aromatic nitrogens is 2. The molecule has 0 saturated carbocycles. The maximum absolute atomic E-state index is 6.19. The summed E-state index contributed by atoms with van der Waals surface area (Å²) in [5.41, 5.74) is 8.72. The molecule has 2 N–H and O–H groups in total. The highest BCUT2D eigenvalue weighted by Crippen LogP contribution is 2.26. The van der Waals surface area contributed by atoms with Crippen LogP contribution in [-0.4, -0.2) is 9.78 Å². The molecule has 2 rings (SSSR count). The van der Waals surface area contributed by atoms with Gasteiger partial charge in [-0.1, -0.05) is 0 Å². The second-order valence-corrected chi connectivity index (χ2v) is 5.51. The maximum atomic E-state index is 6.19. The van der Waals surface area contributed by atoms with Crippen molar-refractivity contribution >= 4 is 11.3 Å². The van der Waals surface area contributed by atoms with Gasteiger partial charge in [0.05, 0.1) is 6.20 Å². The lowest BCUT2D eigenvalue weighted by molar-refractivity contribution is 0.732. The Balaban J connectivity index is 2.11. The first kappa shape index (κ1) is 11.4. The maximum Gasteiger partial charge on any atom is 0.0522 e. The summed E-state index contributed by atoms with van der Waals surface area (Å²) in [5.74, 6) is 0. The lowest BCUT2D eigenvalue weighted by Gasteiger charge is -2.07. The molecule has 0 aliphatic carbocycles. The van der Waals surface area contributed by atoms with Crippen LogP contribution in [0.3, 0.4) is 0 Å². The van der Waals surface area contributed by atoms with Gasteiger partial charge in [0, 0.05) is 29.0 Å². The van der Waals surface area contributed by atoms with E-state index in [-0.39, 0.29) is 6.04 Å². The smallest absolute Gasteiger partial charge is 0.0522 e. The van der Waals surface area contributed by atoms with E-state index in [1.165, 1.54) is 20.9 Å². The van der Waals surface area contributed by atoms with E-state index in [4.69, 9.17) is 5.73 Å². The zero-order valence-corrected chi connectivity index (χ0v) is 10.7. The third kappa shape index (κ3) is 2.33. The number of aryl methyl sites for hydroxylation is 3. The SMILES string of the molecule is Cc1cc(C(N)Cc2cnn(C)c2)sc1C. The molecule has 1 unspecified atom stereocenters. The van der Waals surface area contributed by atoms with Crippen LogP contribution in [0.25, 0.3) is 0 Å². The van der Waals surface area contributed by atoms with Crippen LogP contribution in [0.2, 0.25) is 0 Å². The van der Waals surface area contributed by atoms with Crippen LogP contribution < -0.4 is 5.73 Å². The topological polar surface area (TPSA) is 43.8 Å². The van der Waals surface area contributed by atoms with Gasteiger partial charge in [-0.05, 0) is 37.5 Å². The summed E-state index contributed by atoms with van der Waals surface area (Å²) in [5, 5.41) is 4.15. The van der Waals surface area contributed by atoms with Crippen LogP contribution in [0.5, 0.6) is 0 Å². The predicted octanol–water partition coefficient (Wildman–Crippen LogP) is 2.34. The van der Waals surface area contributed by atoms with Gasteiger partial charge in [-0.15, -0.1) is 11.3 Å². The predicted molar refractivity (Wildman–Crippen MR) is 67.6 cm³/mol. The van der Waals surface area contributed by atoms with Crippen LogP contribution in [0.1, 0.15) is 26.9 Å². The first-order valence-electron chi connectivity index (χ1n) is 5.36.